The van der Waals surface area contributed by atoms with Crippen LogP contribution >= 0.6 is 11.6 Å². The van der Waals surface area contributed by atoms with Crippen LogP contribution in [0.4, 0.5) is 5.69 Å². The molecule has 0 saturated carbocycles. The first-order valence-electron chi connectivity index (χ1n) is 5.53. The molecule has 0 radical (unpaired) electrons. The van der Waals surface area contributed by atoms with Crippen LogP contribution < -0.4 is 5.32 Å². The van der Waals surface area contributed by atoms with E-state index < -0.39 is 0 Å². The lowest BCUT2D eigenvalue weighted by molar-refractivity contribution is 0.102. The van der Waals surface area contributed by atoms with Crippen LogP contribution in [0, 0.1) is 18.3 Å². The van der Waals surface area contributed by atoms with E-state index in [9.17, 15) is 4.79 Å². The molecule has 0 aliphatic heterocycles. The van der Waals surface area contributed by atoms with Gasteiger partial charge in [0.15, 0.2) is 0 Å². The summed E-state index contributed by atoms with van der Waals surface area (Å²) in [5.74, 6) is -0.324. The lowest BCUT2D eigenvalue weighted by Gasteiger charge is -2.07. The van der Waals surface area contributed by atoms with Crippen LogP contribution in [0.25, 0.3) is 0 Å². The molecule has 94 valence electrons. The Morgan fingerprint density at radius 2 is 2.16 bits per heavy atom. The Balaban J connectivity index is 2.29. The van der Waals surface area contributed by atoms with Gasteiger partial charge in [0.05, 0.1) is 16.8 Å². The van der Waals surface area contributed by atoms with Crippen molar-refractivity contribution in [2.75, 3.05) is 5.32 Å². The van der Waals surface area contributed by atoms with Crippen LogP contribution in [0.3, 0.4) is 0 Å². The fourth-order valence-electron chi connectivity index (χ4n) is 1.59. The Morgan fingerprint density at radius 1 is 1.37 bits per heavy atom. The summed E-state index contributed by atoms with van der Waals surface area (Å²) in [5.41, 5.74) is 2.07. The fraction of sp³-hybridized carbons (Fsp3) is 0.0714. The molecule has 0 spiro atoms. The van der Waals surface area contributed by atoms with Crippen molar-refractivity contribution in [1.29, 1.82) is 5.26 Å². The van der Waals surface area contributed by atoms with Gasteiger partial charge in [-0.2, -0.15) is 5.26 Å². The highest BCUT2D eigenvalue weighted by Crippen LogP contribution is 2.21. The second-order valence-electron chi connectivity index (χ2n) is 4.01. The van der Waals surface area contributed by atoms with E-state index in [0.29, 0.717) is 21.8 Å². The quantitative estimate of drug-likeness (QED) is 0.912. The molecule has 1 aromatic heterocycles. The molecule has 2 rings (SSSR count). The third-order valence-electron chi connectivity index (χ3n) is 2.49. The maximum Gasteiger partial charge on any atom is 0.257 e. The maximum atomic E-state index is 12.0. The highest BCUT2D eigenvalue weighted by molar-refractivity contribution is 6.31. The van der Waals surface area contributed by atoms with E-state index in [1.807, 2.05) is 13.0 Å². The largest absolute Gasteiger partial charge is 0.321 e. The van der Waals surface area contributed by atoms with Gasteiger partial charge in [-0.05, 0) is 36.8 Å². The van der Waals surface area contributed by atoms with Crippen LogP contribution in [0.1, 0.15) is 21.5 Å². The van der Waals surface area contributed by atoms with Gasteiger partial charge in [-0.15, -0.1) is 0 Å². The third kappa shape index (κ3) is 3.09. The summed E-state index contributed by atoms with van der Waals surface area (Å²) in [6, 6.07) is 8.43. The number of rotatable bonds is 2. The molecule has 0 saturated heterocycles. The lowest BCUT2D eigenvalue weighted by Crippen LogP contribution is -2.13. The summed E-state index contributed by atoms with van der Waals surface area (Å²) in [5, 5.41) is 12.1. The summed E-state index contributed by atoms with van der Waals surface area (Å²) in [6.07, 6.45) is 3.13. The molecule has 0 aliphatic carbocycles. The first-order chi connectivity index (χ1) is 9.10. The van der Waals surface area contributed by atoms with Gasteiger partial charge in [-0.3, -0.25) is 9.78 Å². The van der Waals surface area contributed by atoms with Gasteiger partial charge in [-0.25, -0.2) is 0 Å². The summed E-state index contributed by atoms with van der Waals surface area (Å²) >= 11 is 5.86. The van der Waals surface area contributed by atoms with Crippen molar-refractivity contribution < 1.29 is 4.79 Å². The molecule has 0 unspecified atom stereocenters. The number of nitrogens with one attached hydrogen (secondary N) is 1. The number of amides is 1. The van der Waals surface area contributed by atoms with E-state index in [-0.39, 0.29) is 5.91 Å². The van der Waals surface area contributed by atoms with E-state index in [0.717, 1.165) is 5.56 Å². The molecule has 1 aromatic carbocycles. The molecule has 0 aliphatic rings. The normalized spacial score (nSPS) is 9.74. The number of nitrogens with zero attached hydrogens (tertiary/aromatic N) is 2. The summed E-state index contributed by atoms with van der Waals surface area (Å²) < 4.78 is 0. The summed E-state index contributed by atoms with van der Waals surface area (Å²) in [4.78, 5) is 16.0. The first-order valence-corrected chi connectivity index (χ1v) is 5.90. The predicted molar refractivity (Wildman–Crippen MR) is 73.1 cm³/mol. The summed E-state index contributed by atoms with van der Waals surface area (Å²) in [6.45, 7) is 1.85. The van der Waals surface area contributed by atoms with Gasteiger partial charge in [0.2, 0.25) is 0 Å². The zero-order chi connectivity index (χ0) is 13.8. The highest BCUT2D eigenvalue weighted by Gasteiger charge is 2.10. The molecule has 19 heavy (non-hydrogen) atoms. The number of carbonyl (C=O) groups excluding carboxylic acids is 1. The van der Waals surface area contributed by atoms with Crippen molar-refractivity contribution in [2.45, 2.75) is 6.92 Å². The second kappa shape index (κ2) is 5.51. The van der Waals surface area contributed by atoms with Crippen molar-refractivity contribution in [3.05, 3.63) is 58.4 Å². The molecular weight excluding hydrogens is 262 g/mol. The van der Waals surface area contributed by atoms with E-state index in [1.165, 1.54) is 6.20 Å². The topological polar surface area (TPSA) is 65.8 Å². The Morgan fingerprint density at radius 3 is 2.84 bits per heavy atom. The number of anilines is 1. The molecule has 2 aromatic rings. The van der Waals surface area contributed by atoms with E-state index >= 15 is 0 Å². The predicted octanol–water partition coefficient (Wildman–Crippen LogP) is 3.17. The molecule has 1 N–H and O–H groups in total. The minimum atomic E-state index is -0.324. The number of aromatic nitrogens is 1. The van der Waals surface area contributed by atoms with E-state index in [2.05, 4.69) is 10.3 Å². The zero-order valence-electron chi connectivity index (χ0n) is 10.1. The Bertz CT molecular complexity index is 677. The number of aryl methyl sites for hydroxylation is 1. The van der Waals surface area contributed by atoms with Crippen molar-refractivity contribution in [3.63, 3.8) is 0 Å². The summed E-state index contributed by atoms with van der Waals surface area (Å²) in [7, 11) is 0. The van der Waals surface area contributed by atoms with Gasteiger partial charge < -0.3 is 5.32 Å². The standard InChI is InChI=1S/C14H10ClN3O/c1-9-4-11(8-17-7-9)14(19)18-13-5-12(15)3-2-10(13)6-16/h2-5,7-8H,1H3,(H,18,19). The first kappa shape index (κ1) is 13.1. The second-order valence-corrected chi connectivity index (χ2v) is 4.44. The highest BCUT2D eigenvalue weighted by atomic mass is 35.5. The maximum absolute atomic E-state index is 12.0. The van der Waals surface area contributed by atoms with Gasteiger partial charge in [0.25, 0.3) is 5.91 Å². The third-order valence-corrected chi connectivity index (χ3v) is 2.72. The minimum Gasteiger partial charge on any atom is -0.321 e. The van der Waals surface area contributed by atoms with Crippen molar-refractivity contribution in [1.82, 2.24) is 4.98 Å². The molecule has 0 fully saturated rings. The van der Waals surface area contributed by atoms with Crippen LogP contribution in [0.5, 0.6) is 0 Å². The number of hydrogen-bond acceptors (Lipinski definition) is 3. The van der Waals surface area contributed by atoms with Gasteiger partial charge in [-0.1, -0.05) is 11.6 Å². The molecule has 4 nitrogen and oxygen atoms in total. The Kier molecular flexibility index (Phi) is 3.79. The Hall–Kier alpha value is -2.38. The minimum absolute atomic E-state index is 0.324. The van der Waals surface area contributed by atoms with Crippen LogP contribution in [-0.4, -0.2) is 10.9 Å². The molecule has 1 amide bonds. The monoisotopic (exact) mass is 271 g/mol. The smallest absolute Gasteiger partial charge is 0.257 e. The van der Waals surface area contributed by atoms with Gasteiger partial charge in [0.1, 0.15) is 6.07 Å². The van der Waals surface area contributed by atoms with E-state index in [1.54, 1.807) is 30.5 Å². The number of halogens is 1. The number of pyridine rings is 1. The molecule has 0 bridgehead atoms. The Labute approximate surface area is 115 Å². The molecule has 0 atom stereocenters. The van der Waals surface area contributed by atoms with Crippen LogP contribution in [0.2, 0.25) is 5.02 Å². The molecule has 5 heteroatoms. The van der Waals surface area contributed by atoms with Crippen LogP contribution in [-0.2, 0) is 0 Å². The van der Waals surface area contributed by atoms with Gasteiger partial charge >= 0.3 is 0 Å². The number of carbonyl (C=O) groups is 1. The SMILES string of the molecule is Cc1cncc(C(=O)Nc2cc(Cl)ccc2C#N)c1. The lowest BCUT2D eigenvalue weighted by atomic mass is 10.1. The average Bonchev–Trinajstić information content (AvgIpc) is 2.39. The number of hydrogen-bond donors (Lipinski definition) is 1. The fourth-order valence-corrected chi connectivity index (χ4v) is 1.76. The number of benzene rings is 1. The molecule has 1 heterocycles. The van der Waals surface area contributed by atoms with Crippen molar-refractivity contribution in [3.8, 4) is 6.07 Å². The van der Waals surface area contributed by atoms with Crippen molar-refractivity contribution in [2.24, 2.45) is 0 Å². The van der Waals surface area contributed by atoms with E-state index in [4.69, 9.17) is 16.9 Å². The number of nitriles is 1. The average molecular weight is 272 g/mol. The van der Waals surface area contributed by atoms with Crippen LogP contribution in [0.15, 0.2) is 36.7 Å². The molecular formula is C14H10ClN3O. The zero-order valence-corrected chi connectivity index (χ0v) is 10.9. The van der Waals surface area contributed by atoms with Crippen molar-refractivity contribution >= 4 is 23.2 Å². The van der Waals surface area contributed by atoms with Gasteiger partial charge in [0, 0.05) is 17.4 Å².